The van der Waals surface area contributed by atoms with Crippen molar-refractivity contribution in [3.63, 3.8) is 0 Å². The molecule has 0 heterocycles. The lowest BCUT2D eigenvalue weighted by Gasteiger charge is -2.27. The van der Waals surface area contributed by atoms with E-state index >= 15 is 0 Å². The molecular formula is C19H23N3O2. The standard InChI is InChI=1S/C19H23N3O2/c1-24-18-8-3-2-6-17(18)21-12-19(23)22-16-7-4-5-13-11-14(20)9-10-15(13)16/h2-3,6,8-11,16,21H,4-5,7,12,20H2,1H3,(H,22,23). The van der Waals surface area contributed by atoms with Gasteiger partial charge in [0.05, 0.1) is 25.4 Å². The molecule has 1 atom stereocenters. The highest BCUT2D eigenvalue weighted by Gasteiger charge is 2.21. The van der Waals surface area contributed by atoms with Gasteiger partial charge < -0.3 is 21.1 Å². The zero-order valence-electron chi connectivity index (χ0n) is 13.8. The normalized spacial score (nSPS) is 16.1. The fourth-order valence-electron chi connectivity index (χ4n) is 3.20. The molecule has 1 aliphatic rings. The van der Waals surface area contributed by atoms with Gasteiger partial charge in [-0.25, -0.2) is 0 Å². The Morgan fingerprint density at radius 2 is 2.12 bits per heavy atom. The molecular weight excluding hydrogens is 302 g/mol. The first-order chi connectivity index (χ1) is 11.7. The van der Waals surface area contributed by atoms with Gasteiger partial charge in [-0.15, -0.1) is 0 Å². The number of hydrogen-bond donors (Lipinski definition) is 3. The first-order valence-corrected chi connectivity index (χ1v) is 8.22. The number of ether oxygens (including phenoxy) is 1. The first kappa shape index (κ1) is 16.2. The van der Waals surface area contributed by atoms with E-state index < -0.39 is 0 Å². The smallest absolute Gasteiger partial charge is 0.239 e. The zero-order chi connectivity index (χ0) is 16.9. The van der Waals surface area contributed by atoms with Crippen molar-refractivity contribution >= 4 is 17.3 Å². The van der Waals surface area contributed by atoms with Crippen LogP contribution in [0.3, 0.4) is 0 Å². The molecule has 0 aliphatic heterocycles. The van der Waals surface area contributed by atoms with Gasteiger partial charge in [-0.2, -0.15) is 0 Å². The van der Waals surface area contributed by atoms with E-state index in [2.05, 4.69) is 10.6 Å². The SMILES string of the molecule is COc1ccccc1NCC(=O)NC1CCCc2cc(N)ccc21. The molecule has 0 spiro atoms. The molecule has 24 heavy (non-hydrogen) atoms. The molecule has 5 nitrogen and oxygen atoms in total. The van der Waals surface area contributed by atoms with E-state index in [1.807, 2.05) is 42.5 Å². The van der Waals surface area contributed by atoms with Crippen molar-refractivity contribution in [2.75, 3.05) is 24.7 Å². The number of nitrogens with one attached hydrogen (secondary N) is 2. The number of anilines is 2. The molecule has 0 aromatic heterocycles. The molecule has 0 bridgehead atoms. The van der Waals surface area contributed by atoms with E-state index in [0.717, 1.165) is 36.4 Å². The monoisotopic (exact) mass is 325 g/mol. The van der Waals surface area contributed by atoms with Crippen molar-refractivity contribution in [2.45, 2.75) is 25.3 Å². The lowest BCUT2D eigenvalue weighted by atomic mass is 9.87. The average Bonchev–Trinajstić information content (AvgIpc) is 2.60. The minimum absolute atomic E-state index is 0.0319. The Hall–Kier alpha value is -2.69. The average molecular weight is 325 g/mol. The molecule has 126 valence electrons. The molecule has 4 N–H and O–H groups in total. The van der Waals surface area contributed by atoms with E-state index in [1.165, 1.54) is 11.1 Å². The molecule has 0 saturated heterocycles. The Morgan fingerprint density at radius 1 is 1.29 bits per heavy atom. The molecule has 3 rings (SSSR count). The molecule has 2 aromatic carbocycles. The quantitative estimate of drug-likeness (QED) is 0.739. The van der Waals surface area contributed by atoms with Crippen molar-refractivity contribution in [1.29, 1.82) is 0 Å². The third-order valence-electron chi connectivity index (χ3n) is 4.36. The van der Waals surface area contributed by atoms with Crippen LogP contribution in [0.1, 0.15) is 30.0 Å². The van der Waals surface area contributed by atoms with Crippen LogP contribution in [0, 0.1) is 0 Å². The van der Waals surface area contributed by atoms with E-state index in [0.29, 0.717) is 0 Å². The Bertz CT molecular complexity index is 730. The van der Waals surface area contributed by atoms with Gasteiger partial charge in [0.1, 0.15) is 5.75 Å². The van der Waals surface area contributed by atoms with Gasteiger partial charge >= 0.3 is 0 Å². The Labute approximate surface area is 142 Å². The van der Waals surface area contributed by atoms with Crippen LogP contribution in [-0.4, -0.2) is 19.6 Å². The predicted molar refractivity (Wildman–Crippen MR) is 96.2 cm³/mol. The number of fused-ring (bicyclic) bond motifs is 1. The van der Waals surface area contributed by atoms with Crippen molar-refractivity contribution < 1.29 is 9.53 Å². The maximum atomic E-state index is 12.3. The molecule has 1 unspecified atom stereocenters. The van der Waals surface area contributed by atoms with Crippen LogP contribution in [-0.2, 0) is 11.2 Å². The number of carbonyl (C=O) groups is 1. The number of hydrogen-bond acceptors (Lipinski definition) is 4. The van der Waals surface area contributed by atoms with Gasteiger partial charge in [0.15, 0.2) is 0 Å². The van der Waals surface area contributed by atoms with E-state index in [9.17, 15) is 4.79 Å². The number of amides is 1. The second-order valence-electron chi connectivity index (χ2n) is 6.02. The van der Waals surface area contributed by atoms with Gasteiger partial charge in [0.25, 0.3) is 0 Å². The second-order valence-corrected chi connectivity index (χ2v) is 6.02. The summed E-state index contributed by atoms with van der Waals surface area (Å²) >= 11 is 0. The van der Waals surface area contributed by atoms with Gasteiger partial charge in [-0.05, 0) is 54.7 Å². The summed E-state index contributed by atoms with van der Waals surface area (Å²) in [6.07, 6.45) is 3.03. The van der Waals surface area contributed by atoms with Crippen molar-refractivity contribution in [3.05, 3.63) is 53.6 Å². The fourth-order valence-corrected chi connectivity index (χ4v) is 3.20. The van der Waals surface area contributed by atoms with Gasteiger partial charge in [-0.3, -0.25) is 4.79 Å². The van der Waals surface area contributed by atoms with Crippen LogP contribution in [0.4, 0.5) is 11.4 Å². The number of aryl methyl sites for hydroxylation is 1. The van der Waals surface area contributed by atoms with E-state index in [4.69, 9.17) is 10.5 Å². The summed E-state index contributed by atoms with van der Waals surface area (Å²) in [5.74, 6) is 0.694. The molecule has 1 amide bonds. The zero-order valence-corrected chi connectivity index (χ0v) is 13.8. The summed E-state index contributed by atoms with van der Waals surface area (Å²) in [6, 6.07) is 13.6. The lowest BCUT2D eigenvalue weighted by Crippen LogP contribution is -2.35. The largest absolute Gasteiger partial charge is 0.495 e. The van der Waals surface area contributed by atoms with Crippen LogP contribution < -0.4 is 21.1 Å². The van der Waals surface area contributed by atoms with Crippen molar-refractivity contribution in [3.8, 4) is 5.75 Å². The van der Waals surface area contributed by atoms with Crippen LogP contribution in [0.5, 0.6) is 5.75 Å². The minimum atomic E-state index is -0.0319. The van der Waals surface area contributed by atoms with Gasteiger partial charge in [0.2, 0.25) is 5.91 Å². The summed E-state index contributed by atoms with van der Waals surface area (Å²) in [4.78, 5) is 12.3. The maximum absolute atomic E-state index is 12.3. The summed E-state index contributed by atoms with van der Waals surface area (Å²) < 4.78 is 5.28. The summed E-state index contributed by atoms with van der Waals surface area (Å²) in [5.41, 5.74) is 9.87. The van der Waals surface area contributed by atoms with Crippen LogP contribution >= 0.6 is 0 Å². The number of rotatable bonds is 5. The highest BCUT2D eigenvalue weighted by molar-refractivity contribution is 5.81. The number of nitrogen functional groups attached to an aromatic ring is 1. The Balaban J connectivity index is 1.62. The number of benzene rings is 2. The molecule has 1 aliphatic carbocycles. The number of methoxy groups -OCH3 is 1. The van der Waals surface area contributed by atoms with Crippen LogP contribution in [0.25, 0.3) is 0 Å². The number of para-hydroxylation sites is 2. The van der Waals surface area contributed by atoms with Crippen molar-refractivity contribution in [1.82, 2.24) is 5.32 Å². The number of nitrogens with two attached hydrogens (primary N) is 1. The Kier molecular flexibility index (Phi) is 4.89. The van der Waals surface area contributed by atoms with E-state index in [-0.39, 0.29) is 18.5 Å². The molecule has 0 fully saturated rings. The molecule has 0 saturated carbocycles. The topological polar surface area (TPSA) is 76.4 Å². The predicted octanol–water partition coefficient (Wildman–Crippen LogP) is 2.88. The summed E-state index contributed by atoms with van der Waals surface area (Å²) in [5, 5.41) is 6.25. The van der Waals surface area contributed by atoms with Crippen LogP contribution in [0.15, 0.2) is 42.5 Å². The lowest BCUT2D eigenvalue weighted by molar-refractivity contribution is -0.120. The van der Waals surface area contributed by atoms with Gasteiger partial charge in [-0.1, -0.05) is 18.2 Å². The maximum Gasteiger partial charge on any atom is 0.239 e. The highest BCUT2D eigenvalue weighted by atomic mass is 16.5. The molecule has 0 radical (unpaired) electrons. The Morgan fingerprint density at radius 3 is 2.96 bits per heavy atom. The fraction of sp³-hybridized carbons (Fsp3) is 0.316. The van der Waals surface area contributed by atoms with Crippen LogP contribution in [0.2, 0.25) is 0 Å². The third kappa shape index (κ3) is 3.62. The van der Waals surface area contributed by atoms with Crippen molar-refractivity contribution in [2.24, 2.45) is 0 Å². The number of carbonyl (C=O) groups excluding carboxylic acids is 1. The summed E-state index contributed by atoms with van der Waals surface area (Å²) in [6.45, 7) is 0.210. The molecule has 2 aromatic rings. The third-order valence-corrected chi connectivity index (χ3v) is 4.36. The van der Waals surface area contributed by atoms with E-state index in [1.54, 1.807) is 7.11 Å². The first-order valence-electron chi connectivity index (χ1n) is 8.22. The molecule has 5 heteroatoms. The summed E-state index contributed by atoms with van der Waals surface area (Å²) in [7, 11) is 1.62. The second kappa shape index (κ2) is 7.25. The highest BCUT2D eigenvalue weighted by Crippen LogP contribution is 2.31. The van der Waals surface area contributed by atoms with Gasteiger partial charge in [0, 0.05) is 5.69 Å². The minimum Gasteiger partial charge on any atom is -0.495 e.